The third-order valence-electron chi connectivity index (χ3n) is 3.38. The molecule has 1 N–H and O–H groups in total. The molecule has 0 spiro atoms. The fourth-order valence-corrected chi connectivity index (χ4v) is 3.03. The second-order valence-corrected chi connectivity index (χ2v) is 5.87. The molecular formula is C11H20O2. The minimum atomic E-state index is -0.662. The number of carboxylic acids is 1. The lowest BCUT2D eigenvalue weighted by molar-refractivity contribution is -0.137. The minimum Gasteiger partial charge on any atom is -0.481 e. The predicted octanol–water partition coefficient (Wildman–Crippen LogP) is 2.78. The van der Waals surface area contributed by atoms with Crippen molar-refractivity contribution in [2.75, 3.05) is 0 Å². The van der Waals surface area contributed by atoms with Crippen molar-refractivity contribution in [3.05, 3.63) is 0 Å². The van der Waals surface area contributed by atoms with Gasteiger partial charge in [0.1, 0.15) is 0 Å². The highest BCUT2D eigenvalue weighted by atomic mass is 16.4. The lowest BCUT2D eigenvalue weighted by atomic mass is 9.85. The molecule has 0 aromatic carbocycles. The van der Waals surface area contributed by atoms with Crippen molar-refractivity contribution in [2.24, 2.45) is 22.7 Å². The van der Waals surface area contributed by atoms with E-state index in [2.05, 4.69) is 34.6 Å². The van der Waals surface area contributed by atoms with Crippen LogP contribution >= 0.6 is 0 Å². The maximum Gasteiger partial charge on any atom is 0.303 e. The standard InChI is InChI=1S/C11H20O2/c1-10(2,3)9-7(6-8(12)13)11(9,4)5/h7,9H,6H2,1-5H3,(H,12,13). The summed E-state index contributed by atoms with van der Waals surface area (Å²) in [5.41, 5.74) is 0.459. The second kappa shape index (κ2) is 2.73. The van der Waals surface area contributed by atoms with E-state index >= 15 is 0 Å². The van der Waals surface area contributed by atoms with Gasteiger partial charge in [-0.15, -0.1) is 0 Å². The maximum absolute atomic E-state index is 10.6. The van der Waals surface area contributed by atoms with Gasteiger partial charge in [0.2, 0.25) is 0 Å². The number of hydrogen-bond acceptors (Lipinski definition) is 1. The van der Waals surface area contributed by atoms with Gasteiger partial charge in [-0.3, -0.25) is 4.79 Å². The number of hydrogen-bond donors (Lipinski definition) is 1. The normalized spacial score (nSPS) is 31.5. The summed E-state index contributed by atoms with van der Waals surface area (Å²) < 4.78 is 0. The van der Waals surface area contributed by atoms with Crippen LogP contribution in [0.15, 0.2) is 0 Å². The largest absolute Gasteiger partial charge is 0.481 e. The molecule has 0 bridgehead atoms. The molecule has 0 aliphatic heterocycles. The highest BCUT2D eigenvalue weighted by Gasteiger charge is 2.62. The van der Waals surface area contributed by atoms with Crippen LogP contribution in [-0.2, 0) is 4.79 Å². The van der Waals surface area contributed by atoms with Gasteiger partial charge in [0.05, 0.1) is 0 Å². The van der Waals surface area contributed by atoms with Gasteiger partial charge in [-0.1, -0.05) is 34.6 Å². The second-order valence-electron chi connectivity index (χ2n) is 5.87. The van der Waals surface area contributed by atoms with Crippen LogP contribution in [0.2, 0.25) is 0 Å². The Balaban J connectivity index is 2.67. The van der Waals surface area contributed by atoms with Crippen LogP contribution in [0.4, 0.5) is 0 Å². The lowest BCUT2D eigenvalue weighted by Gasteiger charge is -2.20. The van der Waals surface area contributed by atoms with Crippen LogP contribution in [0.3, 0.4) is 0 Å². The summed E-state index contributed by atoms with van der Waals surface area (Å²) in [5, 5.41) is 8.74. The maximum atomic E-state index is 10.6. The van der Waals surface area contributed by atoms with Crippen LogP contribution in [-0.4, -0.2) is 11.1 Å². The lowest BCUT2D eigenvalue weighted by Crippen LogP contribution is -2.12. The van der Waals surface area contributed by atoms with Crippen LogP contribution in [0, 0.1) is 22.7 Å². The van der Waals surface area contributed by atoms with Crippen molar-refractivity contribution in [2.45, 2.75) is 41.0 Å². The van der Waals surface area contributed by atoms with E-state index in [1.54, 1.807) is 0 Å². The predicted molar refractivity (Wildman–Crippen MR) is 52.5 cm³/mol. The Kier molecular flexibility index (Phi) is 2.21. The van der Waals surface area contributed by atoms with E-state index in [0.29, 0.717) is 18.3 Å². The van der Waals surface area contributed by atoms with Crippen molar-refractivity contribution in [3.63, 3.8) is 0 Å². The summed E-state index contributed by atoms with van der Waals surface area (Å²) in [5.74, 6) is 0.255. The van der Waals surface area contributed by atoms with Crippen molar-refractivity contribution >= 4 is 5.97 Å². The van der Waals surface area contributed by atoms with E-state index in [1.807, 2.05) is 0 Å². The van der Waals surface area contributed by atoms with Gasteiger partial charge in [-0.05, 0) is 22.7 Å². The fourth-order valence-electron chi connectivity index (χ4n) is 3.03. The monoisotopic (exact) mass is 184 g/mol. The van der Waals surface area contributed by atoms with E-state index in [1.165, 1.54) is 0 Å². The average molecular weight is 184 g/mol. The Morgan fingerprint density at radius 3 is 2.08 bits per heavy atom. The Hall–Kier alpha value is -0.530. The molecule has 1 saturated carbocycles. The summed E-state index contributed by atoms with van der Waals surface area (Å²) in [6.45, 7) is 10.9. The zero-order valence-corrected chi connectivity index (χ0v) is 9.22. The number of carbonyl (C=O) groups is 1. The SMILES string of the molecule is CC(C)(C)C1C(CC(=O)O)C1(C)C. The molecule has 2 unspecified atom stereocenters. The zero-order valence-electron chi connectivity index (χ0n) is 9.22. The van der Waals surface area contributed by atoms with Crippen molar-refractivity contribution in [1.29, 1.82) is 0 Å². The molecule has 1 aliphatic carbocycles. The Morgan fingerprint density at radius 1 is 1.38 bits per heavy atom. The Bertz CT molecular complexity index is 223. The molecular weight excluding hydrogens is 164 g/mol. The Morgan fingerprint density at radius 2 is 1.85 bits per heavy atom. The van der Waals surface area contributed by atoms with Gasteiger partial charge in [-0.2, -0.15) is 0 Å². The molecule has 2 atom stereocenters. The first-order valence-electron chi connectivity index (χ1n) is 4.89. The molecule has 0 radical (unpaired) electrons. The average Bonchev–Trinajstić information content (AvgIpc) is 2.29. The first-order chi connectivity index (χ1) is 5.67. The van der Waals surface area contributed by atoms with Crippen LogP contribution in [0.5, 0.6) is 0 Å². The summed E-state index contributed by atoms with van der Waals surface area (Å²) in [6.07, 6.45) is 0.328. The summed E-state index contributed by atoms with van der Waals surface area (Å²) in [6, 6.07) is 0. The molecule has 1 aliphatic rings. The van der Waals surface area contributed by atoms with E-state index in [9.17, 15) is 4.79 Å². The van der Waals surface area contributed by atoms with E-state index in [4.69, 9.17) is 5.11 Å². The van der Waals surface area contributed by atoms with Crippen LogP contribution in [0.1, 0.15) is 41.0 Å². The quantitative estimate of drug-likeness (QED) is 0.716. The smallest absolute Gasteiger partial charge is 0.303 e. The molecule has 0 saturated heterocycles. The molecule has 0 heterocycles. The van der Waals surface area contributed by atoms with Gasteiger partial charge in [-0.25, -0.2) is 0 Å². The van der Waals surface area contributed by atoms with Crippen LogP contribution < -0.4 is 0 Å². The molecule has 0 aromatic rings. The first kappa shape index (κ1) is 10.6. The van der Waals surface area contributed by atoms with Crippen molar-refractivity contribution in [3.8, 4) is 0 Å². The fraction of sp³-hybridized carbons (Fsp3) is 0.909. The number of rotatable bonds is 2. The third kappa shape index (κ3) is 1.87. The minimum absolute atomic E-state index is 0.219. The zero-order chi connectivity index (χ0) is 10.4. The van der Waals surface area contributed by atoms with E-state index in [-0.39, 0.29) is 10.8 Å². The van der Waals surface area contributed by atoms with Gasteiger partial charge in [0.25, 0.3) is 0 Å². The van der Waals surface area contributed by atoms with Crippen molar-refractivity contribution < 1.29 is 9.90 Å². The molecule has 13 heavy (non-hydrogen) atoms. The number of carboxylic acid groups (broad SMARTS) is 1. The molecule has 2 nitrogen and oxygen atoms in total. The molecule has 1 rings (SSSR count). The summed E-state index contributed by atoms with van der Waals surface area (Å²) >= 11 is 0. The third-order valence-corrected chi connectivity index (χ3v) is 3.38. The summed E-state index contributed by atoms with van der Waals surface area (Å²) in [4.78, 5) is 10.6. The molecule has 1 fully saturated rings. The van der Waals surface area contributed by atoms with Gasteiger partial charge in [0, 0.05) is 6.42 Å². The van der Waals surface area contributed by atoms with Crippen molar-refractivity contribution in [1.82, 2.24) is 0 Å². The first-order valence-corrected chi connectivity index (χ1v) is 4.89. The van der Waals surface area contributed by atoms with E-state index in [0.717, 1.165) is 0 Å². The van der Waals surface area contributed by atoms with Gasteiger partial charge < -0.3 is 5.11 Å². The van der Waals surface area contributed by atoms with E-state index < -0.39 is 5.97 Å². The highest BCUT2D eigenvalue weighted by Crippen LogP contribution is 2.66. The molecule has 0 aromatic heterocycles. The topological polar surface area (TPSA) is 37.3 Å². The molecule has 76 valence electrons. The molecule has 0 amide bonds. The summed E-state index contributed by atoms with van der Waals surface area (Å²) in [7, 11) is 0. The van der Waals surface area contributed by atoms with Gasteiger partial charge >= 0.3 is 5.97 Å². The number of aliphatic carboxylic acids is 1. The highest BCUT2D eigenvalue weighted by molar-refractivity contribution is 5.68. The van der Waals surface area contributed by atoms with Gasteiger partial charge in [0.15, 0.2) is 0 Å². The van der Waals surface area contributed by atoms with Crippen LogP contribution in [0.25, 0.3) is 0 Å². The molecule has 2 heteroatoms. The Labute approximate surface area is 80.3 Å².